The minimum Gasteiger partial charge on any atom is -0.368 e. The highest BCUT2D eigenvalue weighted by molar-refractivity contribution is 5.78. The number of amides is 2. The molecule has 2 amide bonds. The molecule has 0 saturated carbocycles. The van der Waals surface area contributed by atoms with Gasteiger partial charge in [0, 0.05) is 37.3 Å². The van der Waals surface area contributed by atoms with Crippen LogP contribution in [-0.2, 0) is 16.1 Å². The van der Waals surface area contributed by atoms with Gasteiger partial charge >= 0.3 is 0 Å². The summed E-state index contributed by atoms with van der Waals surface area (Å²) in [6.07, 6.45) is 5.40. The fraction of sp³-hybridized carbons (Fsp3) is 0.643. The predicted molar refractivity (Wildman–Crippen MR) is 74.8 cm³/mol. The van der Waals surface area contributed by atoms with Gasteiger partial charge in [-0.2, -0.15) is 0 Å². The predicted octanol–water partition coefficient (Wildman–Crippen LogP) is 0.730. The van der Waals surface area contributed by atoms with E-state index in [9.17, 15) is 9.59 Å². The molecule has 2 N–H and O–H groups in total. The van der Waals surface area contributed by atoms with E-state index in [-0.39, 0.29) is 30.2 Å². The number of likely N-dealkylation sites (tertiary alicyclic amines) is 1. The lowest BCUT2D eigenvalue weighted by Gasteiger charge is -2.33. The van der Waals surface area contributed by atoms with E-state index in [1.807, 2.05) is 18.7 Å². The Balaban J connectivity index is 2.11. The molecule has 2 rings (SSSR count). The van der Waals surface area contributed by atoms with E-state index >= 15 is 0 Å². The third-order valence-electron chi connectivity index (χ3n) is 3.67. The van der Waals surface area contributed by atoms with Gasteiger partial charge in [-0.1, -0.05) is 13.8 Å². The Morgan fingerprint density at radius 1 is 1.50 bits per heavy atom. The van der Waals surface area contributed by atoms with Crippen LogP contribution in [0.15, 0.2) is 12.4 Å². The van der Waals surface area contributed by atoms with Gasteiger partial charge in [0.2, 0.25) is 11.8 Å². The summed E-state index contributed by atoms with van der Waals surface area (Å²) in [6.45, 7) is 5.46. The van der Waals surface area contributed by atoms with Crippen LogP contribution in [-0.4, -0.2) is 39.4 Å². The molecule has 1 aromatic rings. The Morgan fingerprint density at radius 3 is 2.90 bits per heavy atom. The summed E-state index contributed by atoms with van der Waals surface area (Å²) in [4.78, 5) is 29.4. The van der Waals surface area contributed by atoms with Gasteiger partial charge in [0.15, 0.2) is 0 Å². The molecule has 0 radical (unpaired) electrons. The number of piperidine rings is 1. The van der Waals surface area contributed by atoms with Crippen LogP contribution in [0.4, 0.5) is 0 Å². The Bertz CT molecular complexity index is 495. The van der Waals surface area contributed by atoms with Gasteiger partial charge in [0.05, 0.1) is 0 Å². The molecule has 1 aromatic heterocycles. The minimum atomic E-state index is -0.379. The number of rotatable bonds is 4. The smallest absolute Gasteiger partial charge is 0.237 e. The number of aromatic nitrogens is 2. The van der Waals surface area contributed by atoms with Crippen LogP contribution in [0.5, 0.6) is 0 Å². The molecule has 0 aliphatic carbocycles. The first-order chi connectivity index (χ1) is 9.49. The van der Waals surface area contributed by atoms with Gasteiger partial charge in [-0.05, 0) is 12.8 Å². The van der Waals surface area contributed by atoms with Gasteiger partial charge in [-0.15, -0.1) is 0 Å². The molecule has 110 valence electrons. The van der Waals surface area contributed by atoms with Crippen molar-refractivity contribution in [2.45, 2.75) is 39.2 Å². The molecule has 2 heterocycles. The van der Waals surface area contributed by atoms with Gasteiger partial charge in [0.1, 0.15) is 12.4 Å². The van der Waals surface area contributed by atoms with Crippen molar-refractivity contribution in [1.29, 1.82) is 0 Å². The zero-order valence-corrected chi connectivity index (χ0v) is 12.1. The van der Waals surface area contributed by atoms with E-state index in [0.717, 1.165) is 25.2 Å². The second-order valence-electron chi connectivity index (χ2n) is 5.66. The number of hydrogen-bond acceptors (Lipinski definition) is 3. The fourth-order valence-corrected chi connectivity index (χ4v) is 2.74. The second-order valence-corrected chi connectivity index (χ2v) is 5.66. The van der Waals surface area contributed by atoms with E-state index in [2.05, 4.69) is 4.98 Å². The average molecular weight is 278 g/mol. The maximum absolute atomic E-state index is 12.1. The molecule has 0 bridgehead atoms. The van der Waals surface area contributed by atoms with E-state index in [0.29, 0.717) is 6.54 Å². The topological polar surface area (TPSA) is 81.2 Å². The maximum atomic E-state index is 12.1. The number of primary amides is 1. The molecule has 1 fully saturated rings. The molecule has 1 saturated heterocycles. The monoisotopic (exact) mass is 278 g/mol. The van der Waals surface area contributed by atoms with Crippen molar-refractivity contribution in [2.24, 2.45) is 11.7 Å². The molecule has 0 unspecified atom stereocenters. The SMILES string of the molecule is CC(C)C(=O)N1CCC[C@H](c2nccn2CC(N)=O)C1. The fourth-order valence-electron chi connectivity index (χ4n) is 2.74. The van der Waals surface area contributed by atoms with E-state index < -0.39 is 0 Å². The van der Waals surface area contributed by atoms with Crippen molar-refractivity contribution in [1.82, 2.24) is 14.5 Å². The Morgan fingerprint density at radius 2 is 2.25 bits per heavy atom. The van der Waals surface area contributed by atoms with E-state index in [1.54, 1.807) is 17.0 Å². The van der Waals surface area contributed by atoms with Crippen LogP contribution in [0.2, 0.25) is 0 Å². The van der Waals surface area contributed by atoms with Gasteiger partial charge in [0.25, 0.3) is 0 Å². The summed E-state index contributed by atoms with van der Waals surface area (Å²) in [6, 6.07) is 0. The normalized spacial score (nSPS) is 19.4. The summed E-state index contributed by atoms with van der Waals surface area (Å²) in [5.74, 6) is 0.850. The van der Waals surface area contributed by atoms with Gasteiger partial charge in [-0.25, -0.2) is 4.98 Å². The molecule has 1 atom stereocenters. The van der Waals surface area contributed by atoms with Crippen molar-refractivity contribution < 1.29 is 9.59 Å². The number of nitrogens with zero attached hydrogens (tertiary/aromatic N) is 3. The zero-order valence-electron chi connectivity index (χ0n) is 12.1. The summed E-state index contributed by atoms with van der Waals surface area (Å²) >= 11 is 0. The molecular formula is C14H22N4O2. The highest BCUT2D eigenvalue weighted by Crippen LogP contribution is 2.26. The van der Waals surface area contributed by atoms with Crippen molar-refractivity contribution in [3.05, 3.63) is 18.2 Å². The first-order valence-corrected chi connectivity index (χ1v) is 7.07. The van der Waals surface area contributed by atoms with Crippen molar-refractivity contribution in [2.75, 3.05) is 13.1 Å². The molecule has 1 aliphatic rings. The lowest BCUT2D eigenvalue weighted by atomic mass is 9.96. The van der Waals surface area contributed by atoms with Crippen LogP contribution in [0.1, 0.15) is 38.4 Å². The zero-order chi connectivity index (χ0) is 14.7. The van der Waals surface area contributed by atoms with Crippen molar-refractivity contribution >= 4 is 11.8 Å². The third kappa shape index (κ3) is 3.18. The van der Waals surface area contributed by atoms with Crippen molar-refractivity contribution in [3.8, 4) is 0 Å². The second kappa shape index (κ2) is 6.07. The van der Waals surface area contributed by atoms with E-state index in [1.165, 1.54) is 0 Å². The van der Waals surface area contributed by atoms with Gasteiger partial charge in [-0.3, -0.25) is 9.59 Å². The number of carbonyl (C=O) groups excluding carboxylic acids is 2. The first kappa shape index (κ1) is 14.6. The van der Waals surface area contributed by atoms with E-state index in [4.69, 9.17) is 5.73 Å². The molecule has 20 heavy (non-hydrogen) atoms. The highest BCUT2D eigenvalue weighted by atomic mass is 16.2. The molecular weight excluding hydrogens is 256 g/mol. The quantitative estimate of drug-likeness (QED) is 0.881. The Labute approximate surface area is 119 Å². The minimum absolute atomic E-state index is 0.0131. The molecule has 0 spiro atoms. The van der Waals surface area contributed by atoms with Crippen molar-refractivity contribution in [3.63, 3.8) is 0 Å². The molecule has 0 aromatic carbocycles. The molecule has 6 heteroatoms. The summed E-state index contributed by atoms with van der Waals surface area (Å²) in [5.41, 5.74) is 5.25. The summed E-state index contributed by atoms with van der Waals surface area (Å²) in [5, 5.41) is 0. The Kier molecular flexibility index (Phi) is 4.42. The van der Waals surface area contributed by atoms with Crippen LogP contribution >= 0.6 is 0 Å². The lowest BCUT2D eigenvalue weighted by Crippen LogP contribution is -2.41. The van der Waals surface area contributed by atoms with Crippen LogP contribution in [0, 0.1) is 5.92 Å². The maximum Gasteiger partial charge on any atom is 0.237 e. The van der Waals surface area contributed by atoms with Crippen LogP contribution in [0.3, 0.4) is 0 Å². The Hall–Kier alpha value is -1.85. The average Bonchev–Trinajstić information content (AvgIpc) is 2.85. The number of carbonyl (C=O) groups is 2. The lowest BCUT2D eigenvalue weighted by molar-refractivity contribution is -0.135. The van der Waals surface area contributed by atoms with Gasteiger partial charge < -0.3 is 15.2 Å². The standard InChI is InChI=1S/C14H22N4O2/c1-10(2)14(20)18-6-3-4-11(8-18)13-16-5-7-17(13)9-12(15)19/h5,7,10-11H,3-4,6,8-9H2,1-2H3,(H2,15,19)/t11-/m0/s1. The summed E-state index contributed by atoms with van der Waals surface area (Å²) in [7, 11) is 0. The molecule has 1 aliphatic heterocycles. The summed E-state index contributed by atoms with van der Waals surface area (Å²) < 4.78 is 1.79. The largest absolute Gasteiger partial charge is 0.368 e. The van der Waals surface area contributed by atoms with Crippen LogP contribution in [0.25, 0.3) is 0 Å². The number of nitrogens with two attached hydrogens (primary N) is 1. The third-order valence-corrected chi connectivity index (χ3v) is 3.67. The number of hydrogen-bond donors (Lipinski definition) is 1. The molecule has 6 nitrogen and oxygen atoms in total. The highest BCUT2D eigenvalue weighted by Gasteiger charge is 2.28. The van der Waals surface area contributed by atoms with Crippen LogP contribution < -0.4 is 5.73 Å². The number of imidazole rings is 1. The first-order valence-electron chi connectivity index (χ1n) is 7.07.